The zero-order valence-electron chi connectivity index (χ0n) is 11.2. The van der Waals surface area contributed by atoms with Crippen LogP contribution in [0, 0.1) is 29.6 Å². The van der Waals surface area contributed by atoms with Crippen molar-refractivity contribution in [2.75, 3.05) is 0 Å². The van der Waals surface area contributed by atoms with Crippen molar-refractivity contribution in [3.05, 3.63) is 11.6 Å². The van der Waals surface area contributed by atoms with Gasteiger partial charge in [0.1, 0.15) is 5.78 Å². The molecule has 0 amide bonds. The predicted octanol–water partition coefficient (Wildman–Crippen LogP) is 3.02. The lowest BCUT2D eigenvalue weighted by Gasteiger charge is -2.43. The third kappa shape index (κ3) is 2.10. The lowest BCUT2D eigenvalue weighted by atomic mass is 9.59. The summed E-state index contributed by atoms with van der Waals surface area (Å²) < 4.78 is 0. The minimum atomic E-state index is 0.124. The van der Waals surface area contributed by atoms with E-state index in [1.54, 1.807) is 0 Å². The molecule has 0 aliphatic heterocycles. The van der Waals surface area contributed by atoms with Crippen molar-refractivity contribution < 1.29 is 9.59 Å². The second-order valence-corrected chi connectivity index (χ2v) is 6.14. The molecule has 0 heterocycles. The smallest absolute Gasteiger partial charge is 0.158 e. The van der Waals surface area contributed by atoms with Gasteiger partial charge in [0.15, 0.2) is 5.78 Å². The summed E-state index contributed by atoms with van der Waals surface area (Å²) in [6, 6.07) is 0. The molecule has 0 bridgehead atoms. The first-order valence-electron chi connectivity index (χ1n) is 6.66. The molecule has 0 aromatic rings. The van der Waals surface area contributed by atoms with E-state index in [2.05, 4.69) is 26.8 Å². The highest BCUT2D eigenvalue weighted by atomic mass is 16.1. The number of Topliss-reactive ketones (excluding diaryl/α,β-unsaturated/α-hetero) is 2. The van der Waals surface area contributed by atoms with Crippen LogP contribution in [0.4, 0.5) is 0 Å². The van der Waals surface area contributed by atoms with Crippen LogP contribution in [-0.4, -0.2) is 11.6 Å². The zero-order valence-corrected chi connectivity index (χ0v) is 11.2. The van der Waals surface area contributed by atoms with Gasteiger partial charge in [-0.15, -0.1) is 0 Å². The molecule has 0 radical (unpaired) electrons. The summed E-state index contributed by atoms with van der Waals surface area (Å²) in [6.45, 7) is 8.25. The molecule has 17 heavy (non-hydrogen) atoms. The van der Waals surface area contributed by atoms with Crippen molar-refractivity contribution >= 4 is 11.6 Å². The van der Waals surface area contributed by atoms with Gasteiger partial charge in [0, 0.05) is 18.8 Å². The highest BCUT2D eigenvalue weighted by molar-refractivity contribution is 5.96. The van der Waals surface area contributed by atoms with Gasteiger partial charge < -0.3 is 0 Å². The van der Waals surface area contributed by atoms with E-state index >= 15 is 0 Å². The number of allylic oxidation sites excluding steroid dienone is 2. The molecular weight excluding hydrogens is 212 g/mol. The van der Waals surface area contributed by atoms with E-state index in [0.29, 0.717) is 42.3 Å². The maximum atomic E-state index is 12.2. The molecule has 2 heteroatoms. The number of rotatable bonds is 1. The molecule has 2 aliphatic carbocycles. The van der Waals surface area contributed by atoms with Crippen LogP contribution in [0.3, 0.4) is 0 Å². The Morgan fingerprint density at radius 3 is 2.47 bits per heavy atom. The molecule has 94 valence electrons. The second-order valence-electron chi connectivity index (χ2n) is 6.14. The van der Waals surface area contributed by atoms with Gasteiger partial charge >= 0.3 is 0 Å². The van der Waals surface area contributed by atoms with E-state index in [4.69, 9.17) is 0 Å². The summed E-state index contributed by atoms with van der Waals surface area (Å²) in [7, 11) is 0. The van der Waals surface area contributed by atoms with Crippen LogP contribution in [0.2, 0.25) is 0 Å². The quantitative estimate of drug-likeness (QED) is 0.699. The predicted molar refractivity (Wildman–Crippen MR) is 67.5 cm³/mol. The molecule has 0 N–H and O–H groups in total. The van der Waals surface area contributed by atoms with Gasteiger partial charge in [-0.2, -0.15) is 0 Å². The lowest BCUT2D eigenvalue weighted by Crippen LogP contribution is -2.44. The molecule has 0 aromatic carbocycles. The van der Waals surface area contributed by atoms with Gasteiger partial charge in [0.2, 0.25) is 0 Å². The molecule has 0 saturated heterocycles. The Bertz CT molecular complexity index is 378. The second kappa shape index (κ2) is 4.40. The Morgan fingerprint density at radius 2 is 1.88 bits per heavy atom. The summed E-state index contributed by atoms with van der Waals surface area (Å²) >= 11 is 0. The number of fused-ring (bicyclic) bond motifs is 1. The maximum Gasteiger partial charge on any atom is 0.158 e. The molecule has 1 fully saturated rings. The van der Waals surface area contributed by atoms with E-state index in [1.165, 1.54) is 0 Å². The van der Waals surface area contributed by atoms with Crippen molar-refractivity contribution in [1.82, 2.24) is 0 Å². The summed E-state index contributed by atoms with van der Waals surface area (Å²) in [5.74, 6) is 2.21. The minimum Gasteiger partial charge on any atom is -0.299 e. The minimum absolute atomic E-state index is 0.124. The third-order valence-electron chi connectivity index (χ3n) is 4.56. The van der Waals surface area contributed by atoms with E-state index in [-0.39, 0.29) is 11.7 Å². The average molecular weight is 234 g/mol. The molecule has 4 atom stereocenters. The standard InChI is InChI=1S/C15H22O2/c1-8(2)15-12-5-10(4)13(16)7-11(12)9(3)6-14(15)17/h5,8-9,11-12,15H,6-7H2,1-4H3/t9?,11-,12-,15?/m0/s1. The van der Waals surface area contributed by atoms with Crippen molar-refractivity contribution in [2.24, 2.45) is 29.6 Å². The Hall–Kier alpha value is -0.920. The fraction of sp³-hybridized carbons (Fsp3) is 0.733. The molecule has 2 unspecified atom stereocenters. The fourth-order valence-electron chi connectivity index (χ4n) is 3.60. The molecular formula is C15H22O2. The topological polar surface area (TPSA) is 34.1 Å². The van der Waals surface area contributed by atoms with Gasteiger partial charge in [-0.3, -0.25) is 9.59 Å². The Balaban J connectivity index is 2.37. The number of hydrogen-bond acceptors (Lipinski definition) is 2. The normalized spacial score (nSPS) is 38.1. The number of hydrogen-bond donors (Lipinski definition) is 0. The first-order chi connectivity index (χ1) is 7.91. The molecule has 1 saturated carbocycles. The SMILES string of the molecule is CC1=C[C@@H]2C(C(C)C)C(=O)CC(C)[C@@H]2CC1=O. The van der Waals surface area contributed by atoms with Gasteiger partial charge in [-0.25, -0.2) is 0 Å². The third-order valence-corrected chi connectivity index (χ3v) is 4.56. The summed E-state index contributed by atoms with van der Waals surface area (Å²) in [6.07, 6.45) is 3.38. The van der Waals surface area contributed by atoms with Crippen LogP contribution in [0.1, 0.15) is 40.5 Å². The van der Waals surface area contributed by atoms with Gasteiger partial charge in [0.25, 0.3) is 0 Å². The lowest BCUT2D eigenvalue weighted by molar-refractivity contribution is -0.134. The Labute approximate surface area is 103 Å². The van der Waals surface area contributed by atoms with Gasteiger partial charge in [0.05, 0.1) is 0 Å². The number of carbonyl (C=O) groups excluding carboxylic acids is 2. The summed E-state index contributed by atoms with van der Waals surface area (Å²) in [5, 5.41) is 0. The zero-order chi connectivity index (χ0) is 12.7. The largest absolute Gasteiger partial charge is 0.299 e. The van der Waals surface area contributed by atoms with Crippen molar-refractivity contribution in [2.45, 2.75) is 40.5 Å². The van der Waals surface area contributed by atoms with Gasteiger partial charge in [-0.1, -0.05) is 26.8 Å². The fourth-order valence-corrected chi connectivity index (χ4v) is 3.60. The number of ketones is 2. The molecule has 0 spiro atoms. The monoisotopic (exact) mass is 234 g/mol. The molecule has 2 rings (SSSR count). The Morgan fingerprint density at radius 1 is 1.24 bits per heavy atom. The van der Waals surface area contributed by atoms with Crippen LogP contribution in [0.15, 0.2) is 11.6 Å². The average Bonchev–Trinajstić information content (AvgIpc) is 2.20. The van der Waals surface area contributed by atoms with Crippen LogP contribution in [0.5, 0.6) is 0 Å². The van der Waals surface area contributed by atoms with E-state index in [1.807, 2.05) is 6.92 Å². The Kier molecular flexibility index (Phi) is 3.24. The van der Waals surface area contributed by atoms with Crippen LogP contribution in [0.25, 0.3) is 0 Å². The van der Waals surface area contributed by atoms with Crippen LogP contribution in [-0.2, 0) is 9.59 Å². The van der Waals surface area contributed by atoms with Gasteiger partial charge in [-0.05, 0) is 36.2 Å². The first-order valence-corrected chi connectivity index (χ1v) is 6.66. The number of carbonyl (C=O) groups is 2. The van der Waals surface area contributed by atoms with E-state index < -0.39 is 0 Å². The van der Waals surface area contributed by atoms with Crippen molar-refractivity contribution in [3.63, 3.8) is 0 Å². The van der Waals surface area contributed by atoms with Crippen LogP contribution < -0.4 is 0 Å². The van der Waals surface area contributed by atoms with Crippen LogP contribution >= 0.6 is 0 Å². The summed E-state index contributed by atoms with van der Waals surface area (Å²) in [5.41, 5.74) is 0.860. The molecule has 2 nitrogen and oxygen atoms in total. The highest BCUT2D eigenvalue weighted by Crippen LogP contribution is 2.45. The first kappa shape index (κ1) is 12.5. The molecule has 0 aromatic heterocycles. The van der Waals surface area contributed by atoms with E-state index in [9.17, 15) is 9.59 Å². The summed E-state index contributed by atoms with van der Waals surface area (Å²) in [4.78, 5) is 24.0. The highest BCUT2D eigenvalue weighted by Gasteiger charge is 2.45. The molecule has 2 aliphatic rings. The van der Waals surface area contributed by atoms with Crippen molar-refractivity contribution in [3.8, 4) is 0 Å². The van der Waals surface area contributed by atoms with E-state index in [0.717, 1.165) is 5.57 Å². The van der Waals surface area contributed by atoms with Crippen molar-refractivity contribution in [1.29, 1.82) is 0 Å². The maximum absolute atomic E-state index is 12.2.